The number of nitrogens with zero attached hydrogens (tertiary/aromatic N) is 1. The molecule has 0 fully saturated rings. The van der Waals surface area contributed by atoms with Gasteiger partial charge < -0.3 is 14.8 Å². The first kappa shape index (κ1) is 14.8. The summed E-state index contributed by atoms with van der Waals surface area (Å²) in [6.45, 7) is 2.19. The molecule has 5 heteroatoms. The Labute approximate surface area is 123 Å². The number of amides is 1. The first-order valence-electron chi connectivity index (χ1n) is 6.72. The van der Waals surface area contributed by atoms with E-state index in [1.54, 1.807) is 44.6 Å². The van der Waals surface area contributed by atoms with E-state index in [9.17, 15) is 4.79 Å². The Morgan fingerprint density at radius 2 is 2.14 bits per heavy atom. The SMILES string of the molecule is CCC(=O)Nc1ccc(OC)c(OCc2cccnc2)c1. The van der Waals surface area contributed by atoms with E-state index in [-0.39, 0.29) is 5.91 Å². The lowest BCUT2D eigenvalue weighted by Crippen LogP contribution is -2.09. The quantitative estimate of drug-likeness (QED) is 0.886. The van der Waals surface area contributed by atoms with Crippen LogP contribution < -0.4 is 14.8 Å². The van der Waals surface area contributed by atoms with Crippen molar-refractivity contribution in [3.8, 4) is 11.5 Å². The maximum Gasteiger partial charge on any atom is 0.224 e. The van der Waals surface area contributed by atoms with Crippen molar-refractivity contribution in [3.05, 3.63) is 48.3 Å². The summed E-state index contributed by atoms with van der Waals surface area (Å²) in [5.41, 5.74) is 1.64. The smallest absolute Gasteiger partial charge is 0.224 e. The molecule has 0 aliphatic heterocycles. The number of benzene rings is 1. The van der Waals surface area contributed by atoms with Crippen molar-refractivity contribution >= 4 is 11.6 Å². The number of hydrogen-bond donors (Lipinski definition) is 1. The Morgan fingerprint density at radius 3 is 2.81 bits per heavy atom. The standard InChI is InChI=1S/C16H18N2O3/c1-3-16(19)18-13-6-7-14(20-2)15(9-13)21-11-12-5-4-8-17-10-12/h4-10H,3,11H2,1-2H3,(H,18,19). The van der Waals surface area contributed by atoms with Gasteiger partial charge in [0.1, 0.15) is 6.61 Å². The molecular weight excluding hydrogens is 268 g/mol. The fraction of sp³-hybridized carbons (Fsp3) is 0.250. The van der Waals surface area contributed by atoms with Crippen LogP contribution in [0.15, 0.2) is 42.7 Å². The first-order valence-corrected chi connectivity index (χ1v) is 6.72. The number of hydrogen-bond acceptors (Lipinski definition) is 4. The molecule has 2 rings (SSSR count). The second kappa shape index (κ2) is 7.28. The van der Waals surface area contributed by atoms with Crippen LogP contribution in [0.5, 0.6) is 11.5 Å². The molecule has 0 saturated carbocycles. The zero-order valence-corrected chi connectivity index (χ0v) is 12.1. The predicted molar refractivity (Wildman–Crippen MR) is 80.5 cm³/mol. The highest BCUT2D eigenvalue weighted by Crippen LogP contribution is 2.30. The van der Waals surface area contributed by atoms with Crippen molar-refractivity contribution in [1.82, 2.24) is 4.98 Å². The van der Waals surface area contributed by atoms with Crippen LogP contribution in [0.4, 0.5) is 5.69 Å². The second-order valence-corrected chi connectivity index (χ2v) is 4.42. The molecule has 0 aliphatic rings. The van der Waals surface area contributed by atoms with Crippen LogP contribution in [0.1, 0.15) is 18.9 Å². The number of anilines is 1. The van der Waals surface area contributed by atoms with E-state index in [1.807, 2.05) is 12.1 Å². The number of rotatable bonds is 6. The molecule has 0 atom stereocenters. The number of nitrogens with one attached hydrogen (secondary N) is 1. The summed E-state index contributed by atoms with van der Waals surface area (Å²) in [5, 5.41) is 2.79. The van der Waals surface area contributed by atoms with Gasteiger partial charge in [-0.05, 0) is 18.2 Å². The fourth-order valence-corrected chi connectivity index (χ4v) is 1.76. The van der Waals surface area contributed by atoms with Crippen LogP contribution in [0.25, 0.3) is 0 Å². The zero-order valence-electron chi connectivity index (χ0n) is 12.1. The van der Waals surface area contributed by atoms with Gasteiger partial charge in [0, 0.05) is 36.1 Å². The third kappa shape index (κ3) is 4.21. The van der Waals surface area contributed by atoms with Crippen LogP contribution in [0.3, 0.4) is 0 Å². The van der Waals surface area contributed by atoms with E-state index in [1.165, 1.54) is 0 Å². The molecule has 0 spiro atoms. The van der Waals surface area contributed by atoms with E-state index >= 15 is 0 Å². The van der Waals surface area contributed by atoms with Crippen LogP contribution in [0.2, 0.25) is 0 Å². The van der Waals surface area contributed by atoms with Gasteiger partial charge >= 0.3 is 0 Å². The van der Waals surface area contributed by atoms with Gasteiger partial charge in [0.2, 0.25) is 5.91 Å². The van der Waals surface area contributed by atoms with E-state index < -0.39 is 0 Å². The van der Waals surface area contributed by atoms with Gasteiger partial charge in [0.15, 0.2) is 11.5 Å². The Hall–Kier alpha value is -2.56. The zero-order chi connectivity index (χ0) is 15.1. The number of ether oxygens (including phenoxy) is 2. The van der Waals surface area contributed by atoms with E-state index in [0.29, 0.717) is 30.2 Å². The molecule has 5 nitrogen and oxygen atoms in total. The van der Waals surface area contributed by atoms with Crippen molar-refractivity contribution in [2.24, 2.45) is 0 Å². The molecule has 110 valence electrons. The number of methoxy groups -OCH3 is 1. The highest BCUT2D eigenvalue weighted by Gasteiger charge is 2.08. The Kier molecular flexibility index (Phi) is 5.15. The Balaban J connectivity index is 2.12. The van der Waals surface area contributed by atoms with Crippen molar-refractivity contribution in [3.63, 3.8) is 0 Å². The lowest BCUT2D eigenvalue weighted by atomic mass is 10.2. The first-order chi connectivity index (χ1) is 10.2. The van der Waals surface area contributed by atoms with Crippen molar-refractivity contribution < 1.29 is 14.3 Å². The van der Waals surface area contributed by atoms with Gasteiger partial charge in [-0.1, -0.05) is 13.0 Å². The summed E-state index contributed by atoms with van der Waals surface area (Å²) in [7, 11) is 1.58. The summed E-state index contributed by atoms with van der Waals surface area (Å²) >= 11 is 0. The van der Waals surface area contributed by atoms with Crippen molar-refractivity contribution in [2.45, 2.75) is 20.0 Å². The van der Waals surface area contributed by atoms with Crippen molar-refractivity contribution in [1.29, 1.82) is 0 Å². The van der Waals surface area contributed by atoms with Gasteiger partial charge in [0.05, 0.1) is 7.11 Å². The average molecular weight is 286 g/mol. The summed E-state index contributed by atoms with van der Waals surface area (Å²) in [6.07, 6.45) is 3.89. The van der Waals surface area contributed by atoms with E-state index in [2.05, 4.69) is 10.3 Å². The van der Waals surface area contributed by atoms with E-state index in [0.717, 1.165) is 5.56 Å². The Bertz CT molecular complexity index is 600. The third-order valence-corrected chi connectivity index (χ3v) is 2.89. The molecule has 1 aromatic heterocycles. The van der Waals surface area contributed by atoms with Gasteiger partial charge in [-0.2, -0.15) is 0 Å². The summed E-state index contributed by atoms with van der Waals surface area (Å²) < 4.78 is 11.0. The molecule has 1 aromatic carbocycles. The van der Waals surface area contributed by atoms with Crippen molar-refractivity contribution in [2.75, 3.05) is 12.4 Å². The highest BCUT2D eigenvalue weighted by molar-refractivity contribution is 5.90. The predicted octanol–water partition coefficient (Wildman–Crippen LogP) is 3.02. The number of pyridine rings is 1. The molecule has 0 aliphatic carbocycles. The van der Waals surface area contributed by atoms with Gasteiger partial charge in [-0.25, -0.2) is 0 Å². The molecule has 0 bridgehead atoms. The lowest BCUT2D eigenvalue weighted by Gasteiger charge is -2.12. The third-order valence-electron chi connectivity index (χ3n) is 2.89. The van der Waals surface area contributed by atoms with Crippen LogP contribution in [0, 0.1) is 0 Å². The van der Waals surface area contributed by atoms with Crippen LogP contribution >= 0.6 is 0 Å². The number of carbonyl (C=O) groups excluding carboxylic acids is 1. The number of aromatic nitrogens is 1. The molecule has 2 aromatic rings. The average Bonchev–Trinajstić information content (AvgIpc) is 2.54. The monoisotopic (exact) mass is 286 g/mol. The van der Waals surface area contributed by atoms with Crippen LogP contribution in [-0.2, 0) is 11.4 Å². The molecule has 0 unspecified atom stereocenters. The lowest BCUT2D eigenvalue weighted by molar-refractivity contribution is -0.115. The maximum absolute atomic E-state index is 11.4. The Morgan fingerprint density at radius 1 is 1.29 bits per heavy atom. The molecule has 0 radical (unpaired) electrons. The van der Waals surface area contributed by atoms with Crippen LogP contribution in [-0.4, -0.2) is 18.0 Å². The van der Waals surface area contributed by atoms with E-state index in [4.69, 9.17) is 9.47 Å². The van der Waals surface area contributed by atoms with Gasteiger partial charge in [-0.15, -0.1) is 0 Å². The summed E-state index contributed by atoms with van der Waals surface area (Å²) in [4.78, 5) is 15.5. The minimum atomic E-state index is -0.0432. The highest BCUT2D eigenvalue weighted by atomic mass is 16.5. The summed E-state index contributed by atoms with van der Waals surface area (Å²) in [6, 6.07) is 9.09. The maximum atomic E-state index is 11.4. The van der Waals surface area contributed by atoms with Gasteiger partial charge in [-0.3, -0.25) is 9.78 Å². The minimum absolute atomic E-state index is 0.0432. The molecular formula is C16H18N2O3. The normalized spacial score (nSPS) is 10.0. The summed E-state index contributed by atoms with van der Waals surface area (Å²) in [5.74, 6) is 1.15. The molecule has 1 heterocycles. The molecule has 1 amide bonds. The largest absolute Gasteiger partial charge is 0.493 e. The molecule has 0 saturated heterocycles. The number of carbonyl (C=O) groups is 1. The topological polar surface area (TPSA) is 60.5 Å². The molecule has 21 heavy (non-hydrogen) atoms. The molecule has 1 N–H and O–H groups in total. The fourth-order valence-electron chi connectivity index (χ4n) is 1.76. The minimum Gasteiger partial charge on any atom is -0.493 e. The second-order valence-electron chi connectivity index (χ2n) is 4.42. The van der Waals surface area contributed by atoms with Gasteiger partial charge in [0.25, 0.3) is 0 Å².